The summed E-state index contributed by atoms with van der Waals surface area (Å²) >= 11 is 0. The molecule has 1 aliphatic heterocycles. The van der Waals surface area contributed by atoms with Crippen molar-refractivity contribution in [3.63, 3.8) is 0 Å². The molecule has 0 radical (unpaired) electrons. The van der Waals surface area contributed by atoms with Gasteiger partial charge in [-0.25, -0.2) is 0 Å². The smallest absolute Gasteiger partial charge is 0.255 e. The average Bonchev–Trinajstić information content (AvgIpc) is 2.46. The lowest BCUT2D eigenvalue weighted by Crippen LogP contribution is -2.53. The summed E-state index contributed by atoms with van der Waals surface area (Å²) < 4.78 is 5.30. The molecule has 0 bridgehead atoms. The molecule has 0 aromatic heterocycles. The van der Waals surface area contributed by atoms with Crippen LogP contribution in [0.2, 0.25) is 0 Å². The van der Waals surface area contributed by atoms with Crippen molar-refractivity contribution in [2.75, 3.05) is 44.5 Å². The van der Waals surface area contributed by atoms with E-state index >= 15 is 0 Å². The second-order valence-electron chi connectivity index (χ2n) is 5.16. The summed E-state index contributed by atoms with van der Waals surface area (Å²) in [6.07, 6.45) is 0. The Labute approximate surface area is 123 Å². The number of amides is 2. The topological polar surface area (TPSA) is 102 Å². The molecule has 1 aromatic rings. The van der Waals surface area contributed by atoms with Crippen molar-refractivity contribution in [2.45, 2.75) is 6.04 Å². The number of carbonyl (C=O) groups excluding carboxylic acids is 2. The van der Waals surface area contributed by atoms with Crippen molar-refractivity contribution < 1.29 is 14.3 Å². The molecule has 7 heteroatoms. The van der Waals surface area contributed by atoms with Crippen molar-refractivity contribution in [1.82, 2.24) is 4.90 Å². The first kappa shape index (κ1) is 15.1. The molecule has 1 aliphatic rings. The van der Waals surface area contributed by atoms with E-state index in [9.17, 15) is 9.59 Å². The molecule has 0 saturated carbocycles. The summed E-state index contributed by atoms with van der Waals surface area (Å²) in [5.74, 6) is -0.639. The molecule has 2 rings (SSSR count). The molecule has 4 N–H and O–H groups in total. The number of benzene rings is 1. The van der Waals surface area contributed by atoms with Gasteiger partial charge >= 0.3 is 0 Å². The normalized spacial score (nSPS) is 18.4. The third kappa shape index (κ3) is 3.08. The van der Waals surface area contributed by atoms with Crippen LogP contribution in [0.15, 0.2) is 18.2 Å². The number of hydrogen-bond acceptors (Lipinski definition) is 5. The molecule has 1 saturated heterocycles. The predicted molar refractivity (Wildman–Crippen MR) is 80.0 cm³/mol. The number of carbonyl (C=O) groups is 2. The first-order chi connectivity index (χ1) is 9.91. The van der Waals surface area contributed by atoms with Gasteiger partial charge in [0.05, 0.1) is 24.5 Å². The number of nitrogens with zero attached hydrogens (tertiary/aromatic N) is 2. The van der Waals surface area contributed by atoms with E-state index in [-0.39, 0.29) is 12.5 Å². The Balaban J connectivity index is 2.47. The van der Waals surface area contributed by atoms with Gasteiger partial charge in [-0.1, -0.05) is 0 Å². The molecule has 1 unspecified atom stereocenters. The zero-order chi connectivity index (χ0) is 15.6. The number of ether oxygens (including phenoxy) is 1. The van der Waals surface area contributed by atoms with Crippen LogP contribution in [0.25, 0.3) is 0 Å². The van der Waals surface area contributed by atoms with Crippen molar-refractivity contribution in [2.24, 2.45) is 5.73 Å². The van der Waals surface area contributed by atoms with Gasteiger partial charge in [-0.15, -0.1) is 0 Å². The summed E-state index contributed by atoms with van der Waals surface area (Å²) in [6, 6.07) is 4.42. The maximum absolute atomic E-state index is 12.3. The molecule has 21 heavy (non-hydrogen) atoms. The lowest BCUT2D eigenvalue weighted by atomic mass is 10.1. The van der Waals surface area contributed by atoms with Crippen molar-refractivity contribution >= 4 is 23.2 Å². The Morgan fingerprint density at radius 3 is 2.71 bits per heavy atom. The van der Waals surface area contributed by atoms with Crippen LogP contribution in [0, 0.1) is 0 Å². The summed E-state index contributed by atoms with van der Waals surface area (Å²) in [5.41, 5.74) is 12.9. The van der Waals surface area contributed by atoms with Crippen LogP contribution in [-0.2, 0) is 9.53 Å². The largest absolute Gasteiger partial charge is 0.399 e. The number of anilines is 2. The molecule has 0 aliphatic carbocycles. The Hall–Kier alpha value is -2.28. The number of hydrogen-bond donors (Lipinski definition) is 2. The van der Waals surface area contributed by atoms with Crippen LogP contribution in [0.3, 0.4) is 0 Å². The van der Waals surface area contributed by atoms with Crippen LogP contribution >= 0.6 is 0 Å². The number of primary amides is 1. The summed E-state index contributed by atoms with van der Waals surface area (Å²) in [4.78, 5) is 27.2. The number of nitrogens with two attached hydrogens (primary N) is 2. The van der Waals surface area contributed by atoms with E-state index in [4.69, 9.17) is 16.2 Å². The Bertz CT molecular complexity index is 559. The predicted octanol–water partition coefficient (Wildman–Crippen LogP) is -0.339. The van der Waals surface area contributed by atoms with Gasteiger partial charge in [-0.05, 0) is 18.2 Å². The number of rotatable bonds is 3. The molecule has 1 atom stereocenters. The third-order valence-electron chi connectivity index (χ3n) is 3.42. The van der Waals surface area contributed by atoms with E-state index in [0.29, 0.717) is 30.1 Å². The molecular formula is C14H20N4O3. The lowest BCUT2D eigenvalue weighted by molar-refractivity contribution is -0.121. The third-order valence-corrected chi connectivity index (χ3v) is 3.42. The monoisotopic (exact) mass is 292 g/mol. The van der Waals surface area contributed by atoms with E-state index in [2.05, 4.69) is 0 Å². The zero-order valence-electron chi connectivity index (χ0n) is 12.2. The van der Waals surface area contributed by atoms with Gasteiger partial charge in [0.15, 0.2) is 0 Å². The summed E-state index contributed by atoms with van der Waals surface area (Å²) in [6.45, 7) is 1.15. The van der Waals surface area contributed by atoms with E-state index in [1.807, 2.05) is 0 Å². The second kappa shape index (κ2) is 6.01. The minimum atomic E-state index is -0.603. The van der Waals surface area contributed by atoms with Crippen LogP contribution in [-0.4, -0.2) is 56.6 Å². The highest BCUT2D eigenvalue weighted by atomic mass is 16.5. The molecule has 114 valence electrons. The first-order valence-electron chi connectivity index (χ1n) is 6.66. The molecule has 2 amide bonds. The molecule has 7 nitrogen and oxygen atoms in total. The van der Waals surface area contributed by atoms with Gasteiger partial charge in [0.1, 0.15) is 6.04 Å². The SMILES string of the molecule is CN(C)C(=O)c1ccc(N)cc1N1CCOCC1C(N)=O. The van der Waals surface area contributed by atoms with Gasteiger partial charge in [-0.2, -0.15) is 0 Å². The van der Waals surface area contributed by atoms with Gasteiger partial charge in [0, 0.05) is 26.3 Å². The Kier molecular flexibility index (Phi) is 4.32. The summed E-state index contributed by atoms with van der Waals surface area (Å²) in [7, 11) is 3.35. The summed E-state index contributed by atoms with van der Waals surface area (Å²) in [5, 5.41) is 0. The van der Waals surface area contributed by atoms with Gasteiger partial charge in [-0.3, -0.25) is 9.59 Å². The van der Waals surface area contributed by atoms with E-state index < -0.39 is 11.9 Å². The van der Waals surface area contributed by atoms with Crippen LogP contribution < -0.4 is 16.4 Å². The highest BCUT2D eigenvalue weighted by Crippen LogP contribution is 2.27. The minimum absolute atomic E-state index is 0.153. The van der Waals surface area contributed by atoms with Crippen molar-refractivity contribution in [1.29, 1.82) is 0 Å². The van der Waals surface area contributed by atoms with E-state index in [1.54, 1.807) is 37.2 Å². The van der Waals surface area contributed by atoms with Crippen LogP contribution in [0.5, 0.6) is 0 Å². The Morgan fingerprint density at radius 1 is 1.38 bits per heavy atom. The second-order valence-corrected chi connectivity index (χ2v) is 5.16. The van der Waals surface area contributed by atoms with Crippen molar-refractivity contribution in [3.05, 3.63) is 23.8 Å². The fourth-order valence-electron chi connectivity index (χ4n) is 2.34. The first-order valence-corrected chi connectivity index (χ1v) is 6.66. The van der Waals surface area contributed by atoms with Crippen LogP contribution in [0.4, 0.5) is 11.4 Å². The van der Waals surface area contributed by atoms with Crippen LogP contribution in [0.1, 0.15) is 10.4 Å². The van der Waals surface area contributed by atoms with Crippen molar-refractivity contribution in [3.8, 4) is 0 Å². The van der Waals surface area contributed by atoms with Gasteiger partial charge in [0.2, 0.25) is 5.91 Å². The fourth-order valence-corrected chi connectivity index (χ4v) is 2.34. The fraction of sp³-hybridized carbons (Fsp3) is 0.429. The van der Waals surface area contributed by atoms with E-state index in [1.165, 1.54) is 4.90 Å². The van der Waals surface area contributed by atoms with Gasteiger partial charge < -0.3 is 26.0 Å². The van der Waals surface area contributed by atoms with E-state index in [0.717, 1.165) is 0 Å². The maximum Gasteiger partial charge on any atom is 0.255 e. The minimum Gasteiger partial charge on any atom is -0.399 e. The molecular weight excluding hydrogens is 272 g/mol. The quantitative estimate of drug-likeness (QED) is 0.742. The van der Waals surface area contributed by atoms with Gasteiger partial charge in [0.25, 0.3) is 5.91 Å². The number of morpholine rings is 1. The standard InChI is InChI=1S/C14H20N4O3/c1-17(2)14(20)10-4-3-9(15)7-11(10)18-5-6-21-8-12(18)13(16)19/h3-4,7,12H,5-6,8,15H2,1-2H3,(H2,16,19). The highest BCUT2D eigenvalue weighted by molar-refractivity contribution is 6.01. The lowest BCUT2D eigenvalue weighted by Gasteiger charge is -2.36. The maximum atomic E-state index is 12.3. The average molecular weight is 292 g/mol. The Morgan fingerprint density at radius 2 is 2.10 bits per heavy atom. The molecule has 1 heterocycles. The highest BCUT2D eigenvalue weighted by Gasteiger charge is 2.30. The number of nitrogen functional groups attached to an aromatic ring is 1. The molecule has 0 spiro atoms. The molecule has 1 aromatic carbocycles. The molecule has 1 fully saturated rings. The zero-order valence-corrected chi connectivity index (χ0v) is 12.2.